The van der Waals surface area contributed by atoms with E-state index in [2.05, 4.69) is 6.07 Å². The predicted molar refractivity (Wildman–Crippen MR) is 111 cm³/mol. The predicted octanol–water partition coefficient (Wildman–Crippen LogP) is 5.62. The molecule has 0 unspecified atom stereocenters. The molecule has 5 heteroatoms. The van der Waals surface area contributed by atoms with Gasteiger partial charge in [-0.3, -0.25) is 0 Å². The Morgan fingerprint density at radius 1 is 1.04 bits per heavy atom. The lowest BCUT2D eigenvalue weighted by atomic mass is 9.97. The quantitative estimate of drug-likeness (QED) is 0.529. The molecule has 0 amide bonds. The molecule has 0 fully saturated rings. The average molecular weight is 393 g/mol. The zero-order valence-corrected chi connectivity index (χ0v) is 16.9. The SMILES string of the molecule is CCOC(=O)c1c(-c2ccc(-c3ccc(Cl)cc3)cc2)c(C#N)c(CC)n1C. The summed E-state index contributed by atoms with van der Waals surface area (Å²) >= 11 is 5.96. The Kier molecular flexibility index (Phi) is 5.87. The number of nitriles is 1. The lowest BCUT2D eigenvalue weighted by Crippen LogP contribution is -2.12. The van der Waals surface area contributed by atoms with Crippen molar-refractivity contribution in [2.75, 3.05) is 6.61 Å². The molecule has 3 aromatic rings. The van der Waals surface area contributed by atoms with Gasteiger partial charge in [-0.25, -0.2) is 4.79 Å². The molecular weight excluding hydrogens is 372 g/mol. The van der Waals surface area contributed by atoms with Crippen LogP contribution < -0.4 is 0 Å². The number of carbonyl (C=O) groups excluding carboxylic acids is 1. The molecule has 4 nitrogen and oxygen atoms in total. The monoisotopic (exact) mass is 392 g/mol. The van der Waals surface area contributed by atoms with E-state index in [1.54, 1.807) is 18.5 Å². The zero-order valence-electron chi connectivity index (χ0n) is 16.1. The molecule has 2 aromatic carbocycles. The minimum absolute atomic E-state index is 0.280. The van der Waals surface area contributed by atoms with Gasteiger partial charge in [0.05, 0.1) is 12.2 Å². The van der Waals surface area contributed by atoms with Crippen LogP contribution in [0, 0.1) is 11.3 Å². The van der Waals surface area contributed by atoms with E-state index in [0.29, 0.717) is 28.3 Å². The third kappa shape index (κ3) is 3.54. The number of aromatic nitrogens is 1. The van der Waals surface area contributed by atoms with Crippen molar-refractivity contribution in [3.8, 4) is 28.3 Å². The Hall–Kier alpha value is -3.03. The second-order valence-electron chi connectivity index (χ2n) is 6.37. The third-order valence-corrected chi connectivity index (χ3v) is 5.03. The molecule has 28 heavy (non-hydrogen) atoms. The maximum Gasteiger partial charge on any atom is 0.355 e. The topological polar surface area (TPSA) is 55.0 Å². The van der Waals surface area contributed by atoms with Crippen molar-refractivity contribution < 1.29 is 9.53 Å². The minimum atomic E-state index is -0.419. The smallest absolute Gasteiger partial charge is 0.355 e. The van der Waals surface area contributed by atoms with Gasteiger partial charge < -0.3 is 9.30 Å². The maximum atomic E-state index is 12.6. The van der Waals surface area contributed by atoms with E-state index in [1.165, 1.54) is 0 Å². The Bertz CT molecular complexity index is 1040. The van der Waals surface area contributed by atoms with Crippen molar-refractivity contribution in [1.29, 1.82) is 5.26 Å². The minimum Gasteiger partial charge on any atom is -0.461 e. The maximum absolute atomic E-state index is 12.6. The van der Waals surface area contributed by atoms with Crippen molar-refractivity contribution in [1.82, 2.24) is 4.57 Å². The summed E-state index contributed by atoms with van der Waals surface area (Å²) in [6.45, 7) is 4.02. The van der Waals surface area contributed by atoms with E-state index < -0.39 is 5.97 Å². The Balaban J connectivity index is 2.13. The first-order valence-electron chi connectivity index (χ1n) is 9.16. The van der Waals surface area contributed by atoms with Crippen molar-refractivity contribution in [3.05, 3.63) is 70.5 Å². The third-order valence-electron chi connectivity index (χ3n) is 4.78. The normalized spacial score (nSPS) is 10.5. The van der Waals surface area contributed by atoms with Crippen LogP contribution in [0.25, 0.3) is 22.3 Å². The molecule has 0 saturated heterocycles. The van der Waals surface area contributed by atoms with Crippen LogP contribution in [0.5, 0.6) is 0 Å². The molecule has 1 aromatic heterocycles. The van der Waals surface area contributed by atoms with Crippen LogP contribution in [0.2, 0.25) is 5.02 Å². The highest BCUT2D eigenvalue weighted by atomic mass is 35.5. The molecule has 3 rings (SSSR count). The van der Waals surface area contributed by atoms with Crippen LogP contribution in [-0.2, 0) is 18.2 Å². The van der Waals surface area contributed by atoms with Crippen LogP contribution >= 0.6 is 11.6 Å². The van der Waals surface area contributed by atoms with Gasteiger partial charge in [0.25, 0.3) is 0 Å². The fourth-order valence-electron chi connectivity index (χ4n) is 3.46. The van der Waals surface area contributed by atoms with Crippen LogP contribution in [0.4, 0.5) is 0 Å². The summed E-state index contributed by atoms with van der Waals surface area (Å²) in [4.78, 5) is 12.6. The molecule has 0 radical (unpaired) electrons. The van der Waals surface area contributed by atoms with Crippen molar-refractivity contribution in [2.45, 2.75) is 20.3 Å². The average Bonchev–Trinajstić information content (AvgIpc) is 3.00. The Morgan fingerprint density at radius 3 is 2.07 bits per heavy atom. The molecule has 0 aliphatic carbocycles. The van der Waals surface area contributed by atoms with E-state index in [9.17, 15) is 10.1 Å². The van der Waals surface area contributed by atoms with E-state index in [0.717, 1.165) is 22.4 Å². The molecule has 0 spiro atoms. The lowest BCUT2D eigenvalue weighted by molar-refractivity contribution is 0.0516. The number of esters is 1. The molecule has 0 aliphatic rings. The van der Waals surface area contributed by atoms with Gasteiger partial charge in [-0.05, 0) is 42.2 Å². The molecule has 1 heterocycles. The first-order chi connectivity index (χ1) is 13.5. The zero-order chi connectivity index (χ0) is 20.3. The van der Waals surface area contributed by atoms with Crippen LogP contribution in [0.1, 0.15) is 35.6 Å². The second-order valence-corrected chi connectivity index (χ2v) is 6.81. The lowest BCUT2D eigenvalue weighted by Gasteiger charge is -2.09. The number of hydrogen-bond acceptors (Lipinski definition) is 3. The number of halogens is 1. The largest absolute Gasteiger partial charge is 0.461 e. The highest BCUT2D eigenvalue weighted by Crippen LogP contribution is 2.34. The molecule has 0 N–H and O–H groups in total. The van der Waals surface area contributed by atoms with E-state index in [-0.39, 0.29) is 6.61 Å². The van der Waals surface area contributed by atoms with Gasteiger partial charge >= 0.3 is 5.97 Å². The van der Waals surface area contributed by atoms with Crippen LogP contribution in [0.15, 0.2) is 48.5 Å². The first-order valence-corrected chi connectivity index (χ1v) is 9.54. The van der Waals surface area contributed by atoms with E-state index in [1.807, 2.05) is 55.5 Å². The molecule has 0 atom stereocenters. The molecule has 0 bridgehead atoms. The highest BCUT2D eigenvalue weighted by molar-refractivity contribution is 6.30. The number of nitrogens with zero attached hydrogens (tertiary/aromatic N) is 2. The van der Waals surface area contributed by atoms with Crippen molar-refractivity contribution >= 4 is 17.6 Å². The fraction of sp³-hybridized carbons (Fsp3) is 0.217. The second kappa shape index (κ2) is 8.33. The number of benzene rings is 2. The Morgan fingerprint density at radius 2 is 1.57 bits per heavy atom. The molecular formula is C23H21ClN2O2. The van der Waals surface area contributed by atoms with E-state index >= 15 is 0 Å². The van der Waals surface area contributed by atoms with Gasteiger partial charge in [-0.15, -0.1) is 0 Å². The number of ether oxygens (including phenoxy) is 1. The first kappa shape index (κ1) is 19.7. The molecule has 0 aliphatic heterocycles. The summed E-state index contributed by atoms with van der Waals surface area (Å²) in [5.41, 5.74) is 5.27. The van der Waals surface area contributed by atoms with Gasteiger partial charge in [0.1, 0.15) is 11.8 Å². The van der Waals surface area contributed by atoms with Gasteiger partial charge in [0.2, 0.25) is 0 Å². The summed E-state index contributed by atoms with van der Waals surface area (Å²) < 4.78 is 7.03. The molecule has 0 saturated carbocycles. The van der Waals surface area contributed by atoms with Crippen LogP contribution in [0.3, 0.4) is 0 Å². The number of rotatable bonds is 5. The fourth-order valence-corrected chi connectivity index (χ4v) is 3.58. The van der Waals surface area contributed by atoms with Crippen molar-refractivity contribution in [2.24, 2.45) is 7.05 Å². The summed E-state index contributed by atoms with van der Waals surface area (Å²) in [5.74, 6) is -0.419. The summed E-state index contributed by atoms with van der Waals surface area (Å²) in [7, 11) is 1.80. The standard InChI is InChI=1S/C23H21ClN2O2/c1-4-20-19(14-25)21(22(26(20)3)23(27)28-5-2)17-8-6-15(7-9-17)16-10-12-18(24)13-11-16/h6-13H,4-5H2,1-3H3. The van der Waals surface area contributed by atoms with Gasteiger partial charge in [0, 0.05) is 23.3 Å². The summed E-state index contributed by atoms with van der Waals surface area (Å²) in [6.07, 6.45) is 0.647. The van der Waals surface area contributed by atoms with Crippen LogP contribution in [-0.4, -0.2) is 17.1 Å². The number of hydrogen-bond donors (Lipinski definition) is 0. The van der Waals surface area contributed by atoms with E-state index in [4.69, 9.17) is 16.3 Å². The van der Waals surface area contributed by atoms with Gasteiger partial charge in [-0.1, -0.05) is 54.9 Å². The summed E-state index contributed by atoms with van der Waals surface area (Å²) in [6, 6.07) is 17.7. The molecule has 142 valence electrons. The highest BCUT2D eigenvalue weighted by Gasteiger charge is 2.26. The van der Waals surface area contributed by atoms with Gasteiger partial charge in [0.15, 0.2) is 0 Å². The van der Waals surface area contributed by atoms with Gasteiger partial charge in [-0.2, -0.15) is 5.26 Å². The number of carbonyl (C=O) groups is 1. The van der Waals surface area contributed by atoms with Crippen molar-refractivity contribution in [3.63, 3.8) is 0 Å². The summed E-state index contributed by atoms with van der Waals surface area (Å²) in [5, 5.41) is 10.5. The Labute approximate surface area is 169 Å².